The van der Waals surface area contributed by atoms with E-state index >= 15 is 0 Å². The van der Waals surface area contributed by atoms with E-state index in [9.17, 15) is 4.79 Å². The van der Waals surface area contributed by atoms with Crippen molar-refractivity contribution in [3.63, 3.8) is 0 Å². The molecule has 0 amide bonds. The van der Waals surface area contributed by atoms with E-state index in [0.29, 0.717) is 11.1 Å². The lowest BCUT2D eigenvalue weighted by Gasteiger charge is -2.06. The largest absolute Gasteiger partial charge is 0.489 e. The van der Waals surface area contributed by atoms with Gasteiger partial charge in [0.15, 0.2) is 4.96 Å². The van der Waals surface area contributed by atoms with E-state index in [1.807, 2.05) is 54.6 Å². The maximum atomic E-state index is 12.8. The highest BCUT2D eigenvalue weighted by Gasteiger charge is 2.10. The van der Waals surface area contributed by atoms with Gasteiger partial charge in [0, 0.05) is 0 Å². The average Bonchev–Trinajstić information content (AvgIpc) is 3.25. The molecule has 0 aliphatic rings. The molecule has 2 aromatic heterocycles. The number of hydrogen-bond donors (Lipinski definition) is 0. The second-order valence-electron chi connectivity index (χ2n) is 6.98. The molecule has 0 saturated heterocycles. The lowest BCUT2D eigenvalue weighted by molar-refractivity contribution is 0.306. The van der Waals surface area contributed by atoms with Crippen molar-refractivity contribution >= 4 is 33.4 Å². The van der Waals surface area contributed by atoms with Gasteiger partial charge < -0.3 is 4.74 Å². The Kier molecular flexibility index (Phi) is 4.37. The number of ether oxygens (including phenoxy) is 1. The smallest absolute Gasteiger partial charge is 0.274 e. The summed E-state index contributed by atoms with van der Waals surface area (Å²) in [5.41, 5.74) is 4.99. The minimum absolute atomic E-state index is 0.0293. The fourth-order valence-corrected chi connectivity index (χ4v) is 4.26. The number of nitrogens with zero attached hydrogens (tertiary/aromatic N) is 2. The van der Waals surface area contributed by atoms with E-state index < -0.39 is 0 Å². The number of rotatable bonds is 4. The standard InChI is InChI=1S/C24H18N2O2S/c1-16-6-8-18(9-7-16)15-28-19-12-10-17(11-13-19)14-22-23(27)26-21-5-3-2-4-20(21)25-24(26)29-22/h2-14H,15H2,1H3/b22-14-. The molecule has 29 heavy (non-hydrogen) atoms. The third-order valence-electron chi connectivity index (χ3n) is 4.85. The van der Waals surface area contributed by atoms with Crippen LogP contribution in [0.1, 0.15) is 16.7 Å². The summed E-state index contributed by atoms with van der Waals surface area (Å²) in [6, 6.07) is 23.8. The minimum atomic E-state index is -0.0293. The van der Waals surface area contributed by atoms with Crippen molar-refractivity contribution in [2.24, 2.45) is 0 Å². The van der Waals surface area contributed by atoms with Crippen LogP contribution in [0.25, 0.3) is 22.1 Å². The molecule has 2 heterocycles. The first-order valence-electron chi connectivity index (χ1n) is 9.37. The molecule has 0 aliphatic carbocycles. The van der Waals surface area contributed by atoms with Gasteiger partial charge in [-0.3, -0.25) is 4.79 Å². The number of aryl methyl sites for hydroxylation is 1. The third kappa shape index (κ3) is 3.41. The molecule has 4 nitrogen and oxygen atoms in total. The molecule has 142 valence electrons. The number of para-hydroxylation sites is 2. The topological polar surface area (TPSA) is 43.6 Å². The van der Waals surface area contributed by atoms with Crippen LogP contribution in [0.15, 0.2) is 77.6 Å². The van der Waals surface area contributed by atoms with Crippen molar-refractivity contribution in [3.8, 4) is 5.75 Å². The maximum absolute atomic E-state index is 12.8. The molecular weight excluding hydrogens is 380 g/mol. The van der Waals surface area contributed by atoms with Crippen LogP contribution in [0.4, 0.5) is 0 Å². The molecule has 0 N–H and O–H groups in total. The quantitative estimate of drug-likeness (QED) is 0.452. The Morgan fingerprint density at radius 1 is 1.00 bits per heavy atom. The summed E-state index contributed by atoms with van der Waals surface area (Å²) < 4.78 is 8.22. The predicted octanol–water partition coefficient (Wildman–Crippen LogP) is 4.34. The van der Waals surface area contributed by atoms with Crippen molar-refractivity contribution in [2.75, 3.05) is 0 Å². The van der Waals surface area contributed by atoms with Crippen LogP contribution in [0.2, 0.25) is 0 Å². The molecule has 0 unspecified atom stereocenters. The monoisotopic (exact) mass is 398 g/mol. The molecule has 0 radical (unpaired) electrons. The zero-order chi connectivity index (χ0) is 19.8. The SMILES string of the molecule is Cc1ccc(COc2ccc(/C=c3\sc4nc5ccccc5n4c3=O)cc2)cc1. The van der Waals surface area contributed by atoms with Crippen molar-refractivity contribution in [1.82, 2.24) is 9.38 Å². The van der Waals surface area contributed by atoms with Crippen molar-refractivity contribution < 1.29 is 4.74 Å². The van der Waals surface area contributed by atoms with Crippen LogP contribution < -0.4 is 14.8 Å². The fraction of sp³-hybridized carbons (Fsp3) is 0.0833. The normalized spacial score (nSPS) is 12.1. The summed E-state index contributed by atoms with van der Waals surface area (Å²) >= 11 is 1.41. The van der Waals surface area contributed by atoms with E-state index in [2.05, 4.69) is 36.2 Å². The fourth-order valence-electron chi connectivity index (χ4n) is 3.27. The zero-order valence-corrected chi connectivity index (χ0v) is 16.6. The zero-order valence-electron chi connectivity index (χ0n) is 15.8. The van der Waals surface area contributed by atoms with E-state index in [4.69, 9.17) is 4.74 Å². The van der Waals surface area contributed by atoms with Crippen LogP contribution in [0, 0.1) is 6.92 Å². The summed E-state index contributed by atoms with van der Waals surface area (Å²) in [5, 5.41) is 0. The van der Waals surface area contributed by atoms with Gasteiger partial charge in [0.1, 0.15) is 12.4 Å². The van der Waals surface area contributed by atoms with Gasteiger partial charge in [-0.2, -0.15) is 0 Å². The Morgan fingerprint density at radius 2 is 1.76 bits per heavy atom. The van der Waals surface area contributed by atoms with Gasteiger partial charge in [-0.25, -0.2) is 9.38 Å². The van der Waals surface area contributed by atoms with Gasteiger partial charge in [0.25, 0.3) is 5.56 Å². The summed E-state index contributed by atoms with van der Waals surface area (Å²) in [6.45, 7) is 2.60. The summed E-state index contributed by atoms with van der Waals surface area (Å²) in [5.74, 6) is 0.803. The molecule has 0 bridgehead atoms. The molecule has 5 rings (SSSR count). The van der Waals surface area contributed by atoms with E-state index in [-0.39, 0.29) is 5.56 Å². The Hall–Kier alpha value is -3.44. The second-order valence-corrected chi connectivity index (χ2v) is 7.99. The number of imidazole rings is 1. The highest BCUT2D eigenvalue weighted by Crippen LogP contribution is 2.17. The molecule has 0 fully saturated rings. The van der Waals surface area contributed by atoms with E-state index in [1.165, 1.54) is 16.9 Å². The lowest BCUT2D eigenvalue weighted by atomic mass is 10.2. The maximum Gasteiger partial charge on any atom is 0.274 e. The third-order valence-corrected chi connectivity index (χ3v) is 5.82. The number of aromatic nitrogens is 2. The van der Waals surface area contributed by atoms with E-state index in [0.717, 1.165) is 32.9 Å². The summed E-state index contributed by atoms with van der Waals surface area (Å²) in [7, 11) is 0. The second kappa shape index (κ2) is 7.18. The van der Waals surface area contributed by atoms with Gasteiger partial charge in [-0.15, -0.1) is 0 Å². The summed E-state index contributed by atoms with van der Waals surface area (Å²) in [6.07, 6.45) is 1.90. The molecular formula is C24H18N2O2S. The predicted molar refractivity (Wildman–Crippen MR) is 118 cm³/mol. The number of fused-ring (bicyclic) bond motifs is 3. The Morgan fingerprint density at radius 3 is 2.55 bits per heavy atom. The summed E-state index contributed by atoms with van der Waals surface area (Å²) in [4.78, 5) is 18.1. The Labute approximate surface area is 171 Å². The molecule has 5 aromatic rings. The average molecular weight is 398 g/mol. The van der Waals surface area contributed by atoms with Gasteiger partial charge >= 0.3 is 0 Å². The number of thiazole rings is 1. The van der Waals surface area contributed by atoms with Crippen LogP contribution in [0.5, 0.6) is 5.75 Å². The molecule has 5 heteroatoms. The Bertz CT molecular complexity index is 1410. The highest BCUT2D eigenvalue weighted by molar-refractivity contribution is 7.15. The van der Waals surface area contributed by atoms with Crippen LogP contribution in [0.3, 0.4) is 0 Å². The molecule has 0 aliphatic heterocycles. The Balaban J connectivity index is 1.40. The highest BCUT2D eigenvalue weighted by atomic mass is 32.1. The van der Waals surface area contributed by atoms with Gasteiger partial charge in [-0.05, 0) is 48.4 Å². The van der Waals surface area contributed by atoms with Crippen molar-refractivity contribution in [3.05, 3.63) is 104 Å². The van der Waals surface area contributed by atoms with Crippen LogP contribution in [-0.2, 0) is 6.61 Å². The molecule has 3 aromatic carbocycles. The van der Waals surface area contributed by atoms with E-state index in [1.54, 1.807) is 4.40 Å². The first-order valence-corrected chi connectivity index (χ1v) is 10.2. The van der Waals surface area contributed by atoms with Gasteiger partial charge in [0.05, 0.1) is 15.6 Å². The van der Waals surface area contributed by atoms with Gasteiger partial charge in [-0.1, -0.05) is 65.4 Å². The minimum Gasteiger partial charge on any atom is -0.489 e. The molecule has 0 atom stereocenters. The van der Waals surface area contributed by atoms with Crippen molar-refractivity contribution in [2.45, 2.75) is 13.5 Å². The molecule has 0 saturated carbocycles. The first kappa shape index (κ1) is 17.6. The number of benzene rings is 3. The van der Waals surface area contributed by atoms with Crippen molar-refractivity contribution in [1.29, 1.82) is 0 Å². The van der Waals surface area contributed by atoms with Gasteiger partial charge in [0.2, 0.25) is 0 Å². The van der Waals surface area contributed by atoms with Crippen LogP contribution in [-0.4, -0.2) is 9.38 Å². The number of hydrogen-bond acceptors (Lipinski definition) is 4. The molecule has 0 spiro atoms. The van der Waals surface area contributed by atoms with Crippen LogP contribution >= 0.6 is 11.3 Å². The first-order chi connectivity index (χ1) is 14.2. The lowest BCUT2D eigenvalue weighted by Crippen LogP contribution is -2.22.